The lowest BCUT2D eigenvalue weighted by Crippen LogP contribution is -2.42. The third kappa shape index (κ3) is 4.72. The summed E-state index contributed by atoms with van der Waals surface area (Å²) in [7, 11) is 3.52. The number of ether oxygens (including phenoxy) is 1. The maximum absolute atomic E-state index is 11.3. The van der Waals surface area contributed by atoms with Gasteiger partial charge in [0.25, 0.3) is 0 Å². The van der Waals surface area contributed by atoms with Crippen LogP contribution in [0, 0.1) is 5.41 Å². The molecule has 0 aromatic carbocycles. The van der Waals surface area contributed by atoms with Gasteiger partial charge in [-0.3, -0.25) is 9.69 Å². The maximum atomic E-state index is 11.3. The molecule has 0 bridgehead atoms. The van der Waals surface area contributed by atoms with E-state index in [-0.39, 0.29) is 17.8 Å². The van der Waals surface area contributed by atoms with E-state index in [1.165, 1.54) is 0 Å². The van der Waals surface area contributed by atoms with Crippen LogP contribution in [-0.4, -0.2) is 44.0 Å². The van der Waals surface area contributed by atoms with E-state index in [9.17, 15) is 4.79 Å². The van der Waals surface area contributed by atoms with Gasteiger partial charge in [-0.2, -0.15) is 0 Å². The molecule has 84 valence electrons. The minimum Gasteiger partial charge on any atom is -0.377 e. The molecule has 0 aliphatic rings. The Morgan fingerprint density at radius 3 is 2.29 bits per heavy atom. The van der Waals surface area contributed by atoms with Crippen molar-refractivity contribution in [3.8, 4) is 0 Å². The number of hydrogen-bond acceptors (Lipinski definition) is 3. The van der Waals surface area contributed by atoms with Crippen LogP contribution in [0.4, 0.5) is 0 Å². The first-order valence-corrected chi connectivity index (χ1v) is 5.00. The monoisotopic (exact) mass is 201 g/mol. The molecular formula is C11H23NO2. The van der Waals surface area contributed by atoms with Gasteiger partial charge < -0.3 is 4.74 Å². The van der Waals surface area contributed by atoms with Gasteiger partial charge in [0.15, 0.2) is 5.78 Å². The fourth-order valence-corrected chi connectivity index (χ4v) is 1.28. The summed E-state index contributed by atoms with van der Waals surface area (Å²) in [5.74, 6) is 0.131. The van der Waals surface area contributed by atoms with Crippen molar-refractivity contribution in [3.63, 3.8) is 0 Å². The molecule has 0 fully saturated rings. The fourth-order valence-electron chi connectivity index (χ4n) is 1.28. The molecule has 14 heavy (non-hydrogen) atoms. The van der Waals surface area contributed by atoms with Crippen LogP contribution in [0.1, 0.15) is 27.7 Å². The van der Waals surface area contributed by atoms with Crippen molar-refractivity contribution < 1.29 is 9.53 Å². The zero-order chi connectivity index (χ0) is 11.4. The summed E-state index contributed by atoms with van der Waals surface area (Å²) in [5, 5.41) is 0. The number of nitrogens with zero attached hydrogens (tertiary/aromatic N) is 1. The second-order valence-electron chi connectivity index (χ2n) is 4.93. The van der Waals surface area contributed by atoms with Crippen molar-refractivity contribution in [2.45, 2.75) is 33.7 Å². The highest BCUT2D eigenvalue weighted by Crippen LogP contribution is 2.22. The molecule has 0 saturated heterocycles. The molecule has 0 spiro atoms. The third-order valence-corrected chi connectivity index (χ3v) is 2.65. The molecule has 0 aliphatic heterocycles. The molecule has 0 aromatic heterocycles. The van der Waals surface area contributed by atoms with E-state index in [4.69, 9.17) is 4.74 Å². The first kappa shape index (κ1) is 13.6. The van der Waals surface area contributed by atoms with Crippen molar-refractivity contribution in [2.75, 3.05) is 27.3 Å². The van der Waals surface area contributed by atoms with Gasteiger partial charge in [0, 0.05) is 13.2 Å². The van der Waals surface area contributed by atoms with E-state index < -0.39 is 0 Å². The van der Waals surface area contributed by atoms with Gasteiger partial charge in [0.1, 0.15) is 6.61 Å². The molecule has 0 saturated carbocycles. The Morgan fingerprint density at radius 1 is 1.43 bits per heavy atom. The minimum absolute atomic E-state index is 0.131. The molecular weight excluding hydrogens is 178 g/mol. The molecule has 0 aromatic rings. The topological polar surface area (TPSA) is 29.5 Å². The van der Waals surface area contributed by atoms with Crippen LogP contribution < -0.4 is 0 Å². The third-order valence-electron chi connectivity index (χ3n) is 2.65. The van der Waals surface area contributed by atoms with Crippen LogP contribution >= 0.6 is 0 Å². The molecule has 1 atom stereocenters. The number of methoxy groups -OCH3 is 1. The minimum atomic E-state index is 0.131. The largest absolute Gasteiger partial charge is 0.377 e. The predicted molar refractivity (Wildman–Crippen MR) is 58.4 cm³/mol. The molecule has 0 radical (unpaired) electrons. The van der Waals surface area contributed by atoms with Crippen LogP contribution in [0.25, 0.3) is 0 Å². The van der Waals surface area contributed by atoms with Crippen LogP contribution in [0.2, 0.25) is 0 Å². The van der Waals surface area contributed by atoms with Gasteiger partial charge >= 0.3 is 0 Å². The Morgan fingerprint density at radius 2 is 1.93 bits per heavy atom. The number of rotatable bonds is 5. The summed E-state index contributed by atoms with van der Waals surface area (Å²) in [6.45, 7) is 9.34. The van der Waals surface area contributed by atoms with Crippen molar-refractivity contribution in [3.05, 3.63) is 0 Å². The van der Waals surface area contributed by atoms with Crippen molar-refractivity contribution in [2.24, 2.45) is 5.41 Å². The number of hydrogen-bond donors (Lipinski definition) is 0. The maximum Gasteiger partial charge on any atom is 0.172 e. The number of ketones is 1. The van der Waals surface area contributed by atoms with E-state index in [1.54, 1.807) is 7.11 Å². The van der Waals surface area contributed by atoms with Gasteiger partial charge in [-0.1, -0.05) is 20.8 Å². The molecule has 0 N–H and O–H groups in total. The smallest absolute Gasteiger partial charge is 0.172 e. The summed E-state index contributed by atoms with van der Waals surface area (Å²) in [4.78, 5) is 13.4. The Balaban J connectivity index is 4.08. The zero-order valence-corrected chi connectivity index (χ0v) is 10.3. The lowest BCUT2D eigenvalue weighted by Gasteiger charge is -2.34. The Bertz CT molecular complexity index is 184. The fraction of sp³-hybridized carbons (Fsp3) is 0.909. The van der Waals surface area contributed by atoms with E-state index in [2.05, 4.69) is 32.6 Å². The summed E-state index contributed by atoms with van der Waals surface area (Å²) in [6.07, 6.45) is 0. The van der Waals surface area contributed by atoms with Crippen molar-refractivity contribution >= 4 is 5.78 Å². The van der Waals surface area contributed by atoms with Crippen LogP contribution in [0.5, 0.6) is 0 Å². The zero-order valence-electron chi connectivity index (χ0n) is 10.3. The van der Waals surface area contributed by atoms with Gasteiger partial charge in [-0.05, 0) is 19.4 Å². The number of carbonyl (C=O) groups is 1. The second-order valence-corrected chi connectivity index (χ2v) is 4.93. The summed E-state index contributed by atoms with van der Waals surface area (Å²) in [5.41, 5.74) is 0.197. The molecule has 0 amide bonds. The molecule has 1 unspecified atom stereocenters. The lowest BCUT2D eigenvalue weighted by molar-refractivity contribution is -0.124. The van der Waals surface area contributed by atoms with Crippen molar-refractivity contribution in [1.29, 1.82) is 0 Å². The second kappa shape index (κ2) is 5.47. The van der Waals surface area contributed by atoms with E-state index in [0.717, 1.165) is 0 Å². The highest BCUT2D eigenvalue weighted by Gasteiger charge is 2.24. The molecule has 3 heteroatoms. The summed E-state index contributed by atoms with van der Waals surface area (Å²) >= 11 is 0. The van der Waals surface area contributed by atoms with Gasteiger partial charge in [-0.15, -0.1) is 0 Å². The number of carbonyl (C=O) groups excluding carboxylic acids is 1. The first-order chi connectivity index (χ1) is 6.29. The Kier molecular flexibility index (Phi) is 5.31. The van der Waals surface area contributed by atoms with Gasteiger partial charge in [0.05, 0.1) is 6.54 Å². The number of Topliss-reactive ketones (excluding diaryl/α,β-unsaturated/α-hetero) is 1. The van der Waals surface area contributed by atoms with Crippen LogP contribution in [0.15, 0.2) is 0 Å². The van der Waals surface area contributed by atoms with E-state index >= 15 is 0 Å². The SMILES string of the molecule is COCC(=O)CN(C)C(C)C(C)(C)C. The predicted octanol–water partition coefficient (Wildman–Crippen LogP) is 1.57. The van der Waals surface area contributed by atoms with Crippen molar-refractivity contribution in [1.82, 2.24) is 4.90 Å². The molecule has 3 nitrogen and oxygen atoms in total. The molecule has 0 heterocycles. The van der Waals surface area contributed by atoms with Crippen LogP contribution in [0.3, 0.4) is 0 Å². The quantitative estimate of drug-likeness (QED) is 0.676. The standard InChI is InChI=1S/C11H23NO2/c1-9(11(2,3)4)12(5)7-10(13)8-14-6/h9H,7-8H2,1-6H3. The summed E-state index contributed by atoms with van der Waals surface area (Å²) in [6, 6.07) is 0.378. The number of likely N-dealkylation sites (N-methyl/N-ethyl adjacent to an activating group) is 1. The lowest BCUT2D eigenvalue weighted by atomic mass is 9.87. The average Bonchev–Trinajstić information content (AvgIpc) is 2.01. The van der Waals surface area contributed by atoms with Crippen LogP contribution in [-0.2, 0) is 9.53 Å². The first-order valence-electron chi connectivity index (χ1n) is 5.00. The highest BCUT2D eigenvalue weighted by atomic mass is 16.5. The van der Waals surface area contributed by atoms with E-state index in [0.29, 0.717) is 12.6 Å². The normalized spacial score (nSPS) is 14.5. The van der Waals surface area contributed by atoms with Gasteiger partial charge in [0.2, 0.25) is 0 Å². The highest BCUT2D eigenvalue weighted by molar-refractivity contribution is 5.81. The van der Waals surface area contributed by atoms with E-state index in [1.807, 2.05) is 7.05 Å². The summed E-state index contributed by atoms with van der Waals surface area (Å²) < 4.78 is 4.79. The average molecular weight is 201 g/mol. The van der Waals surface area contributed by atoms with Gasteiger partial charge in [-0.25, -0.2) is 0 Å². The Labute approximate surface area is 87.4 Å². The Hall–Kier alpha value is -0.410. The molecule has 0 aliphatic carbocycles. The molecule has 0 rings (SSSR count).